The van der Waals surface area contributed by atoms with E-state index in [4.69, 9.17) is 0 Å². The fourth-order valence-corrected chi connectivity index (χ4v) is 1.76. The topological polar surface area (TPSA) is 12.0 Å². The number of hydrogen-bond donors (Lipinski definition) is 1. The Morgan fingerprint density at radius 3 is 2.15 bits per heavy atom. The lowest BCUT2D eigenvalue weighted by Crippen LogP contribution is -2.41. The van der Waals surface area contributed by atoms with E-state index in [0.717, 1.165) is 25.7 Å². The highest BCUT2D eigenvalue weighted by atomic mass is 19.4. The van der Waals surface area contributed by atoms with Crippen LogP contribution in [-0.4, -0.2) is 19.5 Å². The molecule has 1 rings (SSSR count). The van der Waals surface area contributed by atoms with E-state index in [1.807, 2.05) is 0 Å². The molecule has 13 heavy (non-hydrogen) atoms. The molecule has 0 aliphatic heterocycles. The van der Waals surface area contributed by atoms with Gasteiger partial charge in [0.15, 0.2) is 0 Å². The van der Waals surface area contributed by atoms with Gasteiger partial charge in [-0.15, -0.1) is 0 Å². The minimum Gasteiger partial charge on any atom is -0.448 e. The summed E-state index contributed by atoms with van der Waals surface area (Å²) in [6, 6.07) is 0.0969. The number of halogens is 3. The molecule has 0 bridgehead atoms. The van der Waals surface area contributed by atoms with Crippen molar-refractivity contribution in [1.82, 2.24) is 5.32 Å². The van der Waals surface area contributed by atoms with E-state index in [1.54, 1.807) is 0 Å². The Morgan fingerprint density at radius 1 is 1.15 bits per heavy atom. The van der Waals surface area contributed by atoms with Crippen LogP contribution in [0.1, 0.15) is 32.6 Å². The summed E-state index contributed by atoms with van der Waals surface area (Å²) in [5.41, 5.74) is 0. The zero-order valence-electron chi connectivity index (χ0n) is 7.90. The fraction of sp³-hybridized carbons (Fsp3) is 1.00. The summed E-state index contributed by atoms with van der Waals surface area (Å²) < 4.78 is 35.7. The Hall–Kier alpha value is -0.185. The maximum absolute atomic E-state index is 11.9. The van der Waals surface area contributed by atoms with Crippen LogP contribution in [0.4, 0.5) is 12.9 Å². The first-order valence-electron chi connectivity index (χ1n) is 4.92. The molecule has 0 spiro atoms. The molecule has 0 radical (unpaired) electrons. The molecule has 0 amide bonds. The second-order valence-corrected chi connectivity index (χ2v) is 4.08. The van der Waals surface area contributed by atoms with Crippen LogP contribution in [0.3, 0.4) is 0 Å². The van der Waals surface area contributed by atoms with Crippen LogP contribution in [0.5, 0.6) is 0 Å². The Bertz CT molecular complexity index is 152. The zero-order chi connectivity index (χ0) is 9.90. The molecule has 0 heterocycles. The lowest BCUT2D eigenvalue weighted by Gasteiger charge is -2.29. The maximum atomic E-state index is 11.9. The van der Waals surface area contributed by atoms with Gasteiger partial charge in [-0.05, 0) is 38.0 Å². The molecule has 1 aliphatic rings. The van der Waals surface area contributed by atoms with Crippen molar-refractivity contribution in [2.45, 2.75) is 38.6 Å². The van der Waals surface area contributed by atoms with Crippen molar-refractivity contribution >= 4 is 6.98 Å². The Morgan fingerprint density at radius 2 is 1.69 bits per heavy atom. The van der Waals surface area contributed by atoms with Crippen LogP contribution in [0.15, 0.2) is 0 Å². The third-order valence-corrected chi connectivity index (χ3v) is 2.65. The van der Waals surface area contributed by atoms with Crippen LogP contribution in [0, 0.1) is 5.92 Å². The summed E-state index contributed by atoms with van der Waals surface area (Å²) in [6.45, 7) is -2.50. The summed E-state index contributed by atoms with van der Waals surface area (Å²) in [5.74, 6) is 0.689. The molecule has 78 valence electrons. The SMILES string of the molecule is CC1CCC(NC[B-](F)(F)F)CC1. The molecule has 5 heteroatoms. The van der Waals surface area contributed by atoms with Crippen LogP contribution >= 0.6 is 0 Å². The molecule has 1 fully saturated rings. The molecule has 1 nitrogen and oxygen atoms in total. The van der Waals surface area contributed by atoms with Crippen molar-refractivity contribution in [3.05, 3.63) is 0 Å². The van der Waals surface area contributed by atoms with Crippen molar-refractivity contribution in [1.29, 1.82) is 0 Å². The molecule has 0 aromatic carbocycles. The van der Waals surface area contributed by atoms with Gasteiger partial charge in [0.1, 0.15) is 0 Å². The van der Waals surface area contributed by atoms with Gasteiger partial charge < -0.3 is 18.3 Å². The van der Waals surface area contributed by atoms with Crippen LogP contribution in [-0.2, 0) is 0 Å². The van der Waals surface area contributed by atoms with Gasteiger partial charge in [0.2, 0.25) is 0 Å². The van der Waals surface area contributed by atoms with Crippen molar-refractivity contribution in [3.63, 3.8) is 0 Å². The van der Waals surface area contributed by atoms with E-state index in [1.165, 1.54) is 0 Å². The third-order valence-electron chi connectivity index (χ3n) is 2.65. The smallest absolute Gasteiger partial charge is 0.448 e. The Balaban J connectivity index is 2.16. The predicted octanol–water partition coefficient (Wildman–Crippen LogP) is 2.54. The molecule has 0 aromatic rings. The second kappa shape index (κ2) is 4.35. The zero-order valence-corrected chi connectivity index (χ0v) is 7.90. The number of hydrogen-bond acceptors (Lipinski definition) is 1. The van der Waals surface area contributed by atoms with Crippen LogP contribution < -0.4 is 5.32 Å². The van der Waals surface area contributed by atoms with E-state index in [0.29, 0.717) is 5.92 Å². The Labute approximate surface area is 77.1 Å². The summed E-state index contributed by atoms with van der Waals surface area (Å²) in [4.78, 5) is 0. The van der Waals surface area contributed by atoms with Gasteiger partial charge in [0.25, 0.3) is 0 Å². The lowest BCUT2D eigenvalue weighted by molar-refractivity contribution is 0.308. The number of nitrogens with one attached hydrogen (secondary N) is 1. The van der Waals surface area contributed by atoms with Gasteiger partial charge in [0, 0.05) is 6.04 Å². The molecular weight excluding hydrogens is 178 g/mol. The Kier molecular flexibility index (Phi) is 3.65. The molecular formula is C8H16BF3N-. The molecule has 1 N–H and O–H groups in total. The summed E-state index contributed by atoms with van der Waals surface area (Å²) >= 11 is 0. The normalized spacial score (nSPS) is 30.5. The van der Waals surface area contributed by atoms with Gasteiger partial charge in [0.05, 0.1) is 0 Å². The fourth-order valence-electron chi connectivity index (χ4n) is 1.76. The van der Waals surface area contributed by atoms with Crippen molar-refractivity contribution in [3.8, 4) is 0 Å². The standard InChI is InChI=1S/C8H16BF3N/c1-7-2-4-8(5-3-7)13-6-9(10,11)12/h7-8,13H,2-6H2,1H3/q-1. The van der Waals surface area contributed by atoms with Crippen molar-refractivity contribution in [2.75, 3.05) is 6.44 Å². The monoisotopic (exact) mass is 194 g/mol. The molecule has 1 aliphatic carbocycles. The average molecular weight is 194 g/mol. The molecule has 1 saturated carbocycles. The van der Waals surface area contributed by atoms with Crippen LogP contribution in [0.25, 0.3) is 0 Å². The minimum atomic E-state index is -4.65. The minimum absolute atomic E-state index is 0.0969. The maximum Gasteiger partial charge on any atom is 0.491 e. The van der Waals surface area contributed by atoms with E-state index >= 15 is 0 Å². The van der Waals surface area contributed by atoms with Gasteiger partial charge in [-0.2, -0.15) is 0 Å². The van der Waals surface area contributed by atoms with E-state index in [-0.39, 0.29) is 6.04 Å². The van der Waals surface area contributed by atoms with Crippen molar-refractivity contribution < 1.29 is 12.9 Å². The van der Waals surface area contributed by atoms with Gasteiger partial charge in [-0.25, -0.2) is 0 Å². The lowest BCUT2D eigenvalue weighted by atomic mass is 9.85. The molecule has 0 unspecified atom stereocenters. The highest BCUT2D eigenvalue weighted by molar-refractivity contribution is 6.58. The predicted molar refractivity (Wildman–Crippen MR) is 48.5 cm³/mol. The third kappa shape index (κ3) is 4.55. The first-order valence-corrected chi connectivity index (χ1v) is 4.92. The quantitative estimate of drug-likeness (QED) is 0.680. The first kappa shape index (κ1) is 10.9. The highest BCUT2D eigenvalue weighted by Gasteiger charge is 2.25. The van der Waals surface area contributed by atoms with Crippen molar-refractivity contribution in [2.24, 2.45) is 5.92 Å². The summed E-state index contributed by atoms with van der Waals surface area (Å²) in [5, 5.41) is 2.58. The second-order valence-electron chi connectivity index (χ2n) is 4.08. The number of rotatable bonds is 3. The average Bonchev–Trinajstić information content (AvgIpc) is 2.02. The largest absolute Gasteiger partial charge is 0.491 e. The van der Waals surface area contributed by atoms with Gasteiger partial charge in [-0.3, -0.25) is 0 Å². The van der Waals surface area contributed by atoms with E-state index in [2.05, 4.69) is 12.2 Å². The van der Waals surface area contributed by atoms with E-state index in [9.17, 15) is 12.9 Å². The van der Waals surface area contributed by atoms with Gasteiger partial charge >= 0.3 is 6.98 Å². The highest BCUT2D eigenvalue weighted by Crippen LogP contribution is 2.23. The molecule has 0 saturated heterocycles. The van der Waals surface area contributed by atoms with Crippen LogP contribution in [0.2, 0.25) is 0 Å². The molecule has 0 aromatic heterocycles. The summed E-state index contributed by atoms with van der Waals surface area (Å²) in [6.07, 6.45) is 3.13. The van der Waals surface area contributed by atoms with E-state index < -0.39 is 13.4 Å². The first-order chi connectivity index (χ1) is 5.97. The summed E-state index contributed by atoms with van der Waals surface area (Å²) in [7, 11) is 0. The molecule has 0 atom stereocenters. The van der Waals surface area contributed by atoms with Gasteiger partial charge in [-0.1, -0.05) is 6.92 Å².